The summed E-state index contributed by atoms with van der Waals surface area (Å²) >= 11 is 0. The molecular formula is C14H3NNa2O10. The molecule has 0 N–H and O–H groups in total. The van der Waals surface area contributed by atoms with Gasteiger partial charge in [0.2, 0.25) is 11.2 Å². The van der Waals surface area contributed by atoms with E-state index in [4.69, 9.17) is 8.83 Å². The Morgan fingerprint density at radius 3 is 1.48 bits per heavy atom. The molecule has 11 nitrogen and oxygen atoms in total. The van der Waals surface area contributed by atoms with E-state index in [0.29, 0.717) is 12.1 Å². The molecule has 0 aliphatic rings. The van der Waals surface area contributed by atoms with E-state index in [-0.39, 0.29) is 59.1 Å². The first-order valence-corrected chi connectivity index (χ1v) is 6.36. The van der Waals surface area contributed by atoms with Gasteiger partial charge in [-0.3, -0.25) is 19.7 Å². The summed E-state index contributed by atoms with van der Waals surface area (Å²) in [4.78, 5) is 56.0. The number of fused-ring (bicyclic) bond motifs is 2. The van der Waals surface area contributed by atoms with Crippen LogP contribution in [0.25, 0.3) is 21.9 Å². The normalized spacial score (nSPS) is 10.1. The molecule has 0 saturated carbocycles. The molecule has 3 aromatic rings. The Labute approximate surface area is 191 Å². The quantitative estimate of drug-likeness (QED) is 0.180. The Kier molecular flexibility index (Phi) is 7.11. The van der Waals surface area contributed by atoms with Crippen LogP contribution in [0.1, 0.15) is 21.1 Å². The summed E-state index contributed by atoms with van der Waals surface area (Å²) in [6.07, 6.45) is 0. The first-order valence-electron chi connectivity index (χ1n) is 6.36. The zero-order chi connectivity index (χ0) is 18.5. The first kappa shape index (κ1) is 23.0. The minimum Gasteiger partial charge on any atom is -0.542 e. The molecule has 27 heavy (non-hydrogen) atoms. The number of benzene rings is 1. The van der Waals surface area contributed by atoms with Crippen LogP contribution >= 0.6 is 0 Å². The topological polar surface area (TPSA) is 184 Å². The van der Waals surface area contributed by atoms with Crippen molar-refractivity contribution in [2.24, 2.45) is 0 Å². The van der Waals surface area contributed by atoms with Crippen LogP contribution in [0.3, 0.4) is 0 Å². The van der Waals surface area contributed by atoms with Crippen molar-refractivity contribution in [1.29, 1.82) is 0 Å². The van der Waals surface area contributed by atoms with Crippen molar-refractivity contribution in [3.8, 4) is 0 Å². The van der Waals surface area contributed by atoms with Crippen molar-refractivity contribution in [3.05, 3.63) is 60.3 Å². The molecule has 13 heteroatoms. The van der Waals surface area contributed by atoms with Crippen molar-refractivity contribution in [2.45, 2.75) is 0 Å². The Morgan fingerprint density at radius 1 is 0.815 bits per heavy atom. The van der Waals surface area contributed by atoms with Crippen molar-refractivity contribution in [2.75, 3.05) is 0 Å². The second kappa shape index (κ2) is 8.33. The SMILES string of the molecule is O=C([O-])c1cc(=O)c2cc3c(=O)cc(C(=O)[O-])oc3c([N+](=O)[O-])c2o1.[Na+].[Na+]. The minimum absolute atomic E-state index is 0. The van der Waals surface area contributed by atoms with Gasteiger partial charge in [0.05, 0.1) is 15.7 Å². The monoisotopic (exact) mass is 391 g/mol. The van der Waals surface area contributed by atoms with Crippen LogP contribution in [0.5, 0.6) is 0 Å². The Morgan fingerprint density at radius 2 is 1.19 bits per heavy atom. The molecular weight excluding hydrogens is 388 g/mol. The molecule has 0 spiro atoms. The van der Waals surface area contributed by atoms with Gasteiger partial charge in [0.1, 0.15) is 11.9 Å². The first-order chi connectivity index (χ1) is 11.7. The Hall–Kier alpha value is -2.02. The van der Waals surface area contributed by atoms with Crippen LogP contribution in [-0.2, 0) is 0 Å². The van der Waals surface area contributed by atoms with Gasteiger partial charge < -0.3 is 28.6 Å². The second-order valence-electron chi connectivity index (χ2n) is 4.76. The van der Waals surface area contributed by atoms with Crippen LogP contribution in [0.2, 0.25) is 0 Å². The largest absolute Gasteiger partial charge is 1.00 e. The average molecular weight is 391 g/mol. The van der Waals surface area contributed by atoms with Gasteiger partial charge in [-0.2, -0.15) is 0 Å². The number of hydrogen-bond acceptors (Lipinski definition) is 10. The molecule has 0 atom stereocenters. The summed E-state index contributed by atoms with van der Waals surface area (Å²) < 4.78 is 9.63. The van der Waals surface area contributed by atoms with Gasteiger partial charge in [0.15, 0.2) is 22.4 Å². The van der Waals surface area contributed by atoms with Crippen molar-refractivity contribution in [3.63, 3.8) is 0 Å². The van der Waals surface area contributed by atoms with Gasteiger partial charge in [0.25, 0.3) is 0 Å². The summed E-state index contributed by atoms with van der Waals surface area (Å²) in [5.74, 6) is -5.78. The second-order valence-corrected chi connectivity index (χ2v) is 4.76. The number of nitro benzene ring substituents is 1. The molecule has 2 aromatic heterocycles. The maximum absolute atomic E-state index is 12.0. The number of carboxylic acid groups (broad SMARTS) is 2. The molecule has 0 bridgehead atoms. The fraction of sp³-hybridized carbons (Fsp3) is 0. The fourth-order valence-electron chi connectivity index (χ4n) is 2.25. The van der Waals surface area contributed by atoms with E-state index in [2.05, 4.69) is 0 Å². The summed E-state index contributed by atoms with van der Waals surface area (Å²) in [6.45, 7) is 0. The molecule has 126 valence electrons. The molecule has 0 amide bonds. The van der Waals surface area contributed by atoms with Crippen molar-refractivity contribution >= 4 is 39.6 Å². The van der Waals surface area contributed by atoms with Gasteiger partial charge in [-0.15, -0.1) is 0 Å². The van der Waals surface area contributed by atoms with Gasteiger partial charge in [0, 0.05) is 12.1 Å². The number of rotatable bonds is 3. The molecule has 0 unspecified atom stereocenters. The molecule has 0 aliphatic carbocycles. The number of nitro groups is 1. The Balaban J connectivity index is 0.00000182. The van der Waals surface area contributed by atoms with E-state index >= 15 is 0 Å². The van der Waals surface area contributed by atoms with Crippen molar-refractivity contribution < 1.29 is 92.7 Å². The zero-order valence-corrected chi connectivity index (χ0v) is 17.8. The molecule has 2 heterocycles. The summed E-state index contributed by atoms with van der Waals surface area (Å²) in [7, 11) is 0. The summed E-state index contributed by atoms with van der Waals surface area (Å²) in [5, 5.41) is 32.2. The summed E-state index contributed by atoms with van der Waals surface area (Å²) in [5.41, 5.74) is -4.64. The third-order valence-electron chi connectivity index (χ3n) is 3.27. The molecule has 0 aliphatic heterocycles. The number of carboxylic acids is 2. The molecule has 1 aromatic carbocycles. The number of carbonyl (C=O) groups is 2. The van der Waals surface area contributed by atoms with Gasteiger partial charge >= 0.3 is 64.8 Å². The van der Waals surface area contributed by atoms with Crippen LogP contribution in [0, 0.1) is 10.1 Å². The van der Waals surface area contributed by atoms with Gasteiger partial charge in [-0.1, -0.05) is 0 Å². The molecule has 0 radical (unpaired) electrons. The number of carbonyl (C=O) groups excluding carboxylic acids is 2. The van der Waals surface area contributed by atoms with Crippen LogP contribution < -0.4 is 80.2 Å². The molecule has 0 saturated heterocycles. The third-order valence-corrected chi connectivity index (χ3v) is 3.27. The summed E-state index contributed by atoms with van der Waals surface area (Å²) in [6, 6.07) is 1.95. The van der Waals surface area contributed by atoms with Crippen LogP contribution in [0.4, 0.5) is 5.69 Å². The van der Waals surface area contributed by atoms with Crippen LogP contribution in [0.15, 0.2) is 36.6 Å². The average Bonchev–Trinajstić information content (AvgIpc) is 2.52. The number of nitrogens with zero attached hydrogens (tertiary/aromatic N) is 1. The van der Waals surface area contributed by atoms with Gasteiger partial charge in [-0.05, 0) is 6.07 Å². The maximum Gasteiger partial charge on any atom is 1.00 e. The van der Waals surface area contributed by atoms with E-state index in [1.165, 1.54) is 0 Å². The number of hydrogen-bond donors (Lipinski definition) is 0. The third kappa shape index (κ3) is 3.98. The zero-order valence-electron chi connectivity index (χ0n) is 13.8. The van der Waals surface area contributed by atoms with E-state index < -0.39 is 66.9 Å². The van der Waals surface area contributed by atoms with E-state index in [0.717, 1.165) is 6.07 Å². The maximum atomic E-state index is 12.0. The van der Waals surface area contributed by atoms with E-state index in [1.54, 1.807) is 0 Å². The molecule has 0 fully saturated rings. The van der Waals surface area contributed by atoms with E-state index in [9.17, 15) is 39.5 Å². The van der Waals surface area contributed by atoms with Crippen LogP contribution in [-0.4, -0.2) is 16.9 Å². The number of non-ortho nitro benzene ring substituents is 1. The Bertz CT molecular complexity index is 1140. The fourth-order valence-corrected chi connectivity index (χ4v) is 2.25. The van der Waals surface area contributed by atoms with Gasteiger partial charge in [-0.25, -0.2) is 0 Å². The predicted octanol–water partition coefficient (Wildman–Crippen LogP) is -7.46. The number of aromatic carboxylic acids is 2. The van der Waals surface area contributed by atoms with Crippen molar-refractivity contribution in [1.82, 2.24) is 0 Å². The predicted molar refractivity (Wildman–Crippen MR) is 73.8 cm³/mol. The van der Waals surface area contributed by atoms with E-state index in [1.807, 2.05) is 0 Å². The smallest absolute Gasteiger partial charge is 0.542 e. The molecule has 3 rings (SSSR count). The standard InChI is InChI=1S/C14H5NO10.2Na/c16-6-2-8(13(18)19)24-11-4(6)1-5-7(17)3-9(14(20)21)25-12(5)10(11)15(22)23;;/h1-3H,(H,18,19)(H,20,21);;/q;2*+1/p-2. The minimum atomic E-state index is -1.90.